The molecule has 2 aromatic carbocycles. The summed E-state index contributed by atoms with van der Waals surface area (Å²) in [6, 6.07) is 15.0. The van der Waals surface area contributed by atoms with E-state index in [0.29, 0.717) is 6.04 Å². The number of rotatable bonds is 5. The summed E-state index contributed by atoms with van der Waals surface area (Å²) in [5, 5.41) is 4.23. The first-order chi connectivity index (χ1) is 9.61. The first kappa shape index (κ1) is 15.4. The van der Waals surface area contributed by atoms with Crippen molar-refractivity contribution in [3.8, 4) is 0 Å². The van der Waals surface area contributed by atoms with Gasteiger partial charge in [0.15, 0.2) is 0 Å². The molecule has 2 rings (SSSR count). The molecule has 1 N–H and O–H groups in total. The van der Waals surface area contributed by atoms with Gasteiger partial charge in [-0.25, -0.2) is 0 Å². The van der Waals surface area contributed by atoms with E-state index in [1.807, 2.05) is 25.2 Å². The third-order valence-electron chi connectivity index (χ3n) is 3.39. The largest absolute Gasteiger partial charge is 0.312 e. The molecule has 0 spiro atoms. The number of thioether (sulfide) groups is 1. The van der Waals surface area contributed by atoms with Crippen LogP contribution in [0.25, 0.3) is 0 Å². The lowest BCUT2D eigenvalue weighted by atomic mass is 10.0. The van der Waals surface area contributed by atoms with Crippen LogP contribution in [0.15, 0.2) is 47.4 Å². The molecule has 106 valence electrons. The van der Waals surface area contributed by atoms with Gasteiger partial charge in [0.1, 0.15) is 0 Å². The fourth-order valence-electron chi connectivity index (χ4n) is 2.28. The van der Waals surface area contributed by atoms with Crippen LogP contribution in [0.4, 0.5) is 0 Å². The van der Waals surface area contributed by atoms with E-state index < -0.39 is 0 Å². The van der Waals surface area contributed by atoms with Gasteiger partial charge >= 0.3 is 0 Å². The second-order valence-electron chi connectivity index (χ2n) is 4.94. The molecule has 0 aliphatic rings. The second-order valence-corrected chi connectivity index (χ2v) is 6.41. The Morgan fingerprint density at radius 2 is 1.90 bits per heavy atom. The molecule has 0 aromatic heterocycles. The monoisotopic (exact) mass is 305 g/mol. The van der Waals surface area contributed by atoms with Crippen LogP contribution in [0, 0.1) is 13.8 Å². The van der Waals surface area contributed by atoms with Gasteiger partial charge in [-0.3, -0.25) is 0 Å². The predicted molar refractivity (Wildman–Crippen MR) is 89.9 cm³/mol. The third-order valence-corrected chi connectivity index (χ3v) is 5.00. The van der Waals surface area contributed by atoms with Crippen LogP contribution in [0.1, 0.15) is 22.7 Å². The molecule has 0 fully saturated rings. The van der Waals surface area contributed by atoms with Gasteiger partial charge in [-0.1, -0.05) is 47.5 Å². The van der Waals surface area contributed by atoms with Crippen LogP contribution in [0.2, 0.25) is 5.02 Å². The Bertz CT molecular complexity index is 583. The minimum Gasteiger partial charge on any atom is -0.312 e. The van der Waals surface area contributed by atoms with Gasteiger partial charge in [0.05, 0.1) is 5.02 Å². The molecular weight excluding hydrogens is 286 g/mol. The average molecular weight is 306 g/mol. The molecule has 20 heavy (non-hydrogen) atoms. The maximum atomic E-state index is 6.21. The van der Waals surface area contributed by atoms with E-state index >= 15 is 0 Å². The van der Waals surface area contributed by atoms with Crippen LogP contribution in [-0.2, 0) is 0 Å². The van der Waals surface area contributed by atoms with Crippen LogP contribution in [-0.4, -0.2) is 12.8 Å². The molecule has 0 bridgehead atoms. The fraction of sp³-hybridized carbons (Fsp3) is 0.294. The quantitative estimate of drug-likeness (QED) is 0.779. The summed E-state index contributed by atoms with van der Waals surface area (Å²) in [6.45, 7) is 4.30. The summed E-state index contributed by atoms with van der Waals surface area (Å²) in [4.78, 5) is 1.14. The van der Waals surface area contributed by atoms with E-state index in [9.17, 15) is 0 Å². The van der Waals surface area contributed by atoms with E-state index in [-0.39, 0.29) is 0 Å². The standard InChI is InChI=1S/C17H20ClNS/c1-12-8-9-14(13(2)10-12)16(19-3)11-20-17-7-5-4-6-15(17)18/h4-10,16,19H,11H2,1-3H3. The van der Waals surface area contributed by atoms with E-state index in [1.54, 1.807) is 11.8 Å². The Morgan fingerprint density at radius 3 is 2.55 bits per heavy atom. The van der Waals surface area contributed by atoms with Gasteiger partial charge < -0.3 is 5.32 Å². The molecule has 0 saturated carbocycles. The molecule has 2 aromatic rings. The normalized spacial score (nSPS) is 12.4. The highest BCUT2D eigenvalue weighted by atomic mass is 35.5. The summed E-state index contributed by atoms with van der Waals surface area (Å²) < 4.78 is 0. The van der Waals surface area contributed by atoms with Crippen LogP contribution < -0.4 is 5.32 Å². The smallest absolute Gasteiger partial charge is 0.0541 e. The minimum atomic E-state index is 0.330. The van der Waals surface area contributed by atoms with Crippen molar-refractivity contribution in [2.75, 3.05) is 12.8 Å². The highest BCUT2D eigenvalue weighted by Gasteiger charge is 2.13. The topological polar surface area (TPSA) is 12.0 Å². The van der Waals surface area contributed by atoms with E-state index in [1.165, 1.54) is 16.7 Å². The van der Waals surface area contributed by atoms with E-state index in [4.69, 9.17) is 11.6 Å². The molecule has 0 aliphatic carbocycles. The zero-order chi connectivity index (χ0) is 14.5. The number of nitrogens with one attached hydrogen (secondary N) is 1. The van der Waals surface area contributed by atoms with Crippen molar-refractivity contribution in [1.82, 2.24) is 5.32 Å². The maximum Gasteiger partial charge on any atom is 0.0541 e. The number of hydrogen-bond donors (Lipinski definition) is 1. The van der Waals surface area contributed by atoms with Crippen LogP contribution in [0.5, 0.6) is 0 Å². The fourth-order valence-corrected chi connectivity index (χ4v) is 3.65. The van der Waals surface area contributed by atoms with Crippen LogP contribution in [0.3, 0.4) is 0 Å². The lowest BCUT2D eigenvalue weighted by molar-refractivity contribution is 0.657. The summed E-state index contributed by atoms with van der Waals surface area (Å²) >= 11 is 8.00. The Kier molecular flexibility index (Phi) is 5.53. The number of halogens is 1. The molecule has 0 heterocycles. The van der Waals surface area contributed by atoms with E-state index in [2.05, 4.69) is 43.4 Å². The second kappa shape index (κ2) is 7.16. The summed E-state index contributed by atoms with van der Waals surface area (Å²) in [7, 11) is 2.01. The van der Waals surface area contributed by atoms with E-state index in [0.717, 1.165) is 15.7 Å². The highest BCUT2D eigenvalue weighted by molar-refractivity contribution is 7.99. The van der Waals surface area contributed by atoms with Crippen molar-refractivity contribution in [2.24, 2.45) is 0 Å². The maximum absolute atomic E-state index is 6.21. The Morgan fingerprint density at radius 1 is 1.15 bits per heavy atom. The molecule has 0 saturated heterocycles. The lowest BCUT2D eigenvalue weighted by Gasteiger charge is -2.19. The molecule has 0 aliphatic heterocycles. The SMILES string of the molecule is CNC(CSc1ccccc1Cl)c1ccc(C)cc1C. The van der Waals surface area contributed by atoms with Crippen molar-refractivity contribution in [1.29, 1.82) is 0 Å². The van der Waals surface area contributed by atoms with Gasteiger partial charge in [-0.2, -0.15) is 0 Å². The molecule has 1 nitrogen and oxygen atoms in total. The van der Waals surface area contributed by atoms with Crippen molar-refractivity contribution in [2.45, 2.75) is 24.8 Å². The Labute approximate surface area is 130 Å². The van der Waals surface area contributed by atoms with Crippen molar-refractivity contribution < 1.29 is 0 Å². The van der Waals surface area contributed by atoms with Crippen molar-refractivity contribution in [3.05, 3.63) is 64.2 Å². The molecule has 1 unspecified atom stereocenters. The summed E-state index contributed by atoms with van der Waals surface area (Å²) in [5.41, 5.74) is 4.00. The average Bonchev–Trinajstić information content (AvgIpc) is 2.43. The Hall–Kier alpha value is -0.960. The van der Waals surface area contributed by atoms with Crippen molar-refractivity contribution in [3.63, 3.8) is 0 Å². The number of hydrogen-bond acceptors (Lipinski definition) is 2. The van der Waals surface area contributed by atoms with Crippen molar-refractivity contribution >= 4 is 23.4 Å². The zero-order valence-corrected chi connectivity index (χ0v) is 13.7. The summed E-state index contributed by atoms with van der Waals surface area (Å²) in [6.07, 6.45) is 0. The molecule has 0 radical (unpaired) electrons. The van der Waals surface area contributed by atoms with Gasteiger partial charge in [-0.15, -0.1) is 11.8 Å². The van der Waals surface area contributed by atoms with Gasteiger partial charge in [0, 0.05) is 16.7 Å². The molecule has 1 atom stereocenters. The molecule has 3 heteroatoms. The molecular formula is C17H20ClNS. The number of aryl methyl sites for hydroxylation is 2. The first-order valence-electron chi connectivity index (χ1n) is 6.73. The van der Waals surface area contributed by atoms with Gasteiger partial charge in [-0.05, 0) is 44.2 Å². The van der Waals surface area contributed by atoms with Gasteiger partial charge in [0.25, 0.3) is 0 Å². The lowest BCUT2D eigenvalue weighted by Crippen LogP contribution is -2.19. The van der Waals surface area contributed by atoms with Gasteiger partial charge in [0.2, 0.25) is 0 Å². The molecule has 0 amide bonds. The highest BCUT2D eigenvalue weighted by Crippen LogP contribution is 2.31. The third kappa shape index (κ3) is 3.78. The van der Waals surface area contributed by atoms with Crippen LogP contribution >= 0.6 is 23.4 Å². The summed E-state index contributed by atoms with van der Waals surface area (Å²) in [5.74, 6) is 0.962. The Balaban J connectivity index is 2.11. The number of benzene rings is 2. The first-order valence-corrected chi connectivity index (χ1v) is 8.10. The zero-order valence-electron chi connectivity index (χ0n) is 12.1. The predicted octanol–water partition coefficient (Wildman–Crippen LogP) is 5.01. The minimum absolute atomic E-state index is 0.330.